The first-order valence-corrected chi connectivity index (χ1v) is 7.09. The van der Waals surface area contributed by atoms with Crippen LogP contribution in [0.3, 0.4) is 0 Å². The van der Waals surface area contributed by atoms with Gasteiger partial charge in [0.15, 0.2) is 0 Å². The fourth-order valence-corrected chi connectivity index (χ4v) is 2.53. The number of aromatic amines is 1. The van der Waals surface area contributed by atoms with Crippen molar-refractivity contribution in [2.24, 2.45) is 0 Å². The highest BCUT2D eigenvalue weighted by molar-refractivity contribution is 6.31. The molecule has 108 valence electrons. The molecule has 0 radical (unpaired) electrons. The first-order valence-electron chi connectivity index (χ1n) is 6.72. The maximum Gasteiger partial charge on any atom is 0.228 e. The zero-order valence-corrected chi connectivity index (χ0v) is 12.3. The Bertz CT molecular complexity index is 892. The molecule has 1 heterocycles. The lowest BCUT2D eigenvalue weighted by molar-refractivity contribution is -0.115. The maximum atomic E-state index is 12.2. The summed E-state index contributed by atoms with van der Waals surface area (Å²) in [6.45, 7) is 0. The third kappa shape index (κ3) is 2.80. The highest BCUT2D eigenvalue weighted by Gasteiger charge is 2.11. The zero-order valence-electron chi connectivity index (χ0n) is 11.6. The molecule has 0 bridgehead atoms. The van der Waals surface area contributed by atoms with Crippen LogP contribution in [0.5, 0.6) is 0 Å². The molecule has 0 fully saturated rings. The molecule has 0 spiro atoms. The van der Waals surface area contributed by atoms with Gasteiger partial charge in [-0.05, 0) is 29.8 Å². The van der Waals surface area contributed by atoms with Crippen molar-refractivity contribution in [2.75, 3.05) is 5.32 Å². The minimum absolute atomic E-state index is 0.168. The van der Waals surface area contributed by atoms with E-state index in [2.05, 4.69) is 16.4 Å². The number of amides is 1. The van der Waals surface area contributed by atoms with Crippen LogP contribution in [0.15, 0.2) is 48.7 Å². The molecule has 2 N–H and O–H groups in total. The normalized spacial score (nSPS) is 10.4. The minimum atomic E-state index is -0.168. The molecule has 1 amide bonds. The smallest absolute Gasteiger partial charge is 0.228 e. The minimum Gasteiger partial charge on any atom is -0.361 e. The zero-order chi connectivity index (χ0) is 15.5. The lowest BCUT2D eigenvalue weighted by atomic mass is 10.1. The van der Waals surface area contributed by atoms with Gasteiger partial charge >= 0.3 is 0 Å². The molecule has 3 rings (SSSR count). The van der Waals surface area contributed by atoms with Crippen molar-refractivity contribution in [1.82, 2.24) is 4.98 Å². The van der Waals surface area contributed by atoms with Gasteiger partial charge in [-0.25, -0.2) is 0 Å². The summed E-state index contributed by atoms with van der Waals surface area (Å²) >= 11 is 5.94. The van der Waals surface area contributed by atoms with Gasteiger partial charge in [-0.1, -0.05) is 29.8 Å². The largest absolute Gasteiger partial charge is 0.361 e. The second kappa shape index (κ2) is 5.92. The van der Waals surface area contributed by atoms with Crippen LogP contribution in [0.2, 0.25) is 5.02 Å². The van der Waals surface area contributed by atoms with Gasteiger partial charge in [-0.3, -0.25) is 4.79 Å². The van der Waals surface area contributed by atoms with Crippen molar-refractivity contribution in [3.05, 3.63) is 64.8 Å². The van der Waals surface area contributed by atoms with Gasteiger partial charge in [0.25, 0.3) is 0 Å². The highest BCUT2D eigenvalue weighted by Crippen LogP contribution is 2.23. The van der Waals surface area contributed by atoms with E-state index in [1.165, 1.54) is 0 Å². The summed E-state index contributed by atoms with van der Waals surface area (Å²) in [5, 5.41) is 13.4. The highest BCUT2D eigenvalue weighted by atomic mass is 35.5. The van der Waals surface area contributed by atoms with Gasteiger partial charge in [0.05, 0.1) is 17.7 Å². The van der Waals surface area contributed by atoms with Crippen molar-refractivity contribution in [2.45, 2.75) is 6.42 Å². The average Bonchev–Trinajstić information content (AvgIpc) is 2.89. The van der Waals surface area contributed by atoms with Gasteiger partial charge in [0.2, 0.25) is 5.91 Å². The molecular weight excluding hydrogens is 298 g/mol. The number of carbonyl (C=O) groups is 1. The van der Waals surface area contributed by atoms with E-state index in [1.54, 1.807) is 36.5 Å². The Morgan fingerprint density at radius 3 is 2.91 bits per heavy atom. The van der Waals surface area contributed by atoms with Crippen LogP contribution >= 0.6 is 11.6 Å². The number of carbonyl (C=O) groups excluding carboxylic acids is 1. The van der Waals surface area contributed by atoms with Crippen LogP contribution < -0.4 is 5.32 Å². The fourth-order valence-electron chi connectivity index (χ4n) is 2.36. The number of hydrogen-bond acceptors (Lipinski definition) is 2. The van der Waals surface area contributed by atoms with Gasteiger partial charge in [0, 0.05) is 22.1 Å². The number of anilines is 1. The van der Waals surface area contributed by atoms with E-state index in [0.29, 0.717) is 16.3 Å². The van der Waals surface area contributed by atoms with Gasteiger partial charge in [-0.2, -0.15) is 5.26 Å². The molecule has 0 aliphatic heterocycles. The summed E-state index contributed by atoms with van der Waals surface area (Å²) < 4.78 is 0. The molecule has 0 atom stereocenters. The Morgan fingerprint density at radius 1 is 1.27 bits per heavy atom. The van der Waals surface area contributed by atoms with Gasteiger partial charge in [-0.15, -0.1) is 0 Å². The number of nitrogens with zero attached hydrogens (tertiary/aromatic N) is 1. The molecule has 22 heavy (non-hydrogen) atoms. The van der Waals surface area contributed by atoms with E-state index >= 15 is 0 Å². The Hall–Kier alpha value is -2.77. The van der Waals surface area contributed by atoms with Crippen LogP contribution in [-0.2, 0) is 11.2 Å². The average molecular weight is 310 g/mol. The second-order valence-corrected chi connectivity index (χ2v) is 5.32. The number of nitriles is 1. The standard InChI is InChI=1S/C17H12ClN3O/c18-13-5-6-14-12(10-20-16(14)8-13)7-17(22)21-15-4-2-1-3-11(15)9-19/h1-6,8,10,20H,7H2,(H,21,22). The first-order chi connectivity index (χ1) is 10.7. The van der Waals surface area contributed by atoms with Gasteiger partial charge < -0.3 is 10.3 Å². The van der Waals surface area contributed by atoms with Crippen LogP contribution in [0.25, 0.3) is 10.9 Å². The summed E-state index contributed by atoms with van der Waals surface area (Å²) in [5.74, 6) is -0.168. The SMILES string of the molecule is N#Cc1ccccc1NC(=O)Cc1c[nH]c2cc(Cl)ccc12. The quantitative estimate of drug-likeness (QED) is 0.771. The number of nitrogens with one attached hydrogen (secondary N) is 2. The summed E-state index contributed by atoms with van der Waals surface area (Å²) in [7, 11) is 0. The number of fused-ring (bicyclic) bond motifs is 1. The topological polar surface area (TPSA) is 68.7 Å². The van der Waals surface area contributed by atoms with E-state index in [1.807, 2.05) is 12.1 Å². The van der Waals surface area contributed by atoms with Crippen LogP contribution in [0.4, 0.5) is 5.69 Å². The van der Waals surface area contributed by atoms with E-state index in [4.69, 9.17) is 16.9 Å². The second-order valence-electron chi connectivity index (χ2n) is 4.89. The van der Waals surface area contributed by atoms with E-state index < -0.39 is 0 Å². The van der Waals surface area contributed by atoms with Crippen molar-refractivity contribution in [1.29, 1.82) is 5.26 Å². The van der Waals surface area contributed by atoms with E-state index in [0.717, 1.165) is 16.5 Å². The fraction of sp³-hybridized carbons (Fsp3) is 0.0588. The molecular formula is C17H12ClN3O. The summed E-state index contributed by atoms with van der Waals surface area (Å²) in [5.41, 5.74) is 2.76. The molecule has 0 saturated carbocycles. The molecule has 3 aromatic rings. The van der Waals surface area contributed by atoms with Gasteiger partial charge in [0.1, 0.15) is 6.07 Å². The molecule has 0 saturated heterocycles. The number of halogens is 1. The maximum absolute atomic E-state index is 12.2. The Labute approximate surface area is 132 Å². The number of aromatic nitrogens is 1. The summed E-state index contributed by atoms with van der Waals surface area (Å²) in [6, 6.07) is 14.5. The van der Waals surface area contributed by atoms with Crippen LogP contribution in [0, 0.1) is 11.3 Å². The first kappa shape index (κ1) is 14.2. The van der Waals surface area contributed by atoms with Crippen molar-refractivity contribution < 1.29 is 4.79 Å². The number of benzene rings is 2. The van der Waals surface area contributed by atoms with Crippen molar-refractivity contribution in [3.63, 3.8) is 0 Å². The molecule has 1 aromatic heterocycles. The molecule has 0 aliphatic carbocycles. The number of para-hydroxylation sites is 1. The van der Waals surface area contributed by atoms with E-state index in [9.17, 15) is 4.79 Å². The van der Waals surface area contributed by atoms with Crippen molar-refractivity contribution >= 4 is 34.1 Å². The molecule has 5 heteroatoms. The summed E-state index contributed by atoms with van der Waals surface area (Å²) in [6.07, 6.45) is 2.03. The lowest BCUT2D eigenvalue weighted by Crippen LogP contribution is -2.15. The predicted molar refractivity (Wildman–Crippen MR) is 86.8 cm³/mol. The van der Waals surface area contributed by atoms with Crippen LogP contribution in [0.1, 0.15) is 11.1 Å². The number of hydrogen-bond donors (Lipinski definition) is 2. The number of H-pyrrole nitrogens is 1. The lowest BCUT2D eigenvalue weighted by Gasteiger charge is -2.06. The monoisotopic (exact) mass is 309 g/mol. The van der Waals surface area contributed by atoms with Crippen LogP contribution in [-0.4, -0.2) is 10.9 Å². The predicted octanol–water partition coefficient (Wildman–Crippen LogP) is 3.87. The van der Waals surface area contributed by atoms with Crippen molar-refractivity contribution in [3.8, 4) is 6.07 Å². The Kier molecular flexibility index (Phi) is 3.82. The molecule has 4 nitrogen and oxygen atoms in total. The third-order valence-electron chi connectivity index (χ3n) is 3.40. The molecule has 2 aromatic carbocycles. The molecule has 0 unspecified atom stereocenters. The third-order valence-corrected chi connectivity index (χ3v) is 3.64. The molecule has 0 aliphatic rings. The Morgan fingerprint density at radius 2 is 2.09 bits per heavy atom. The van der Waals surface area contributed by atoms with E-state index in [-0.39, 0.29) is 12.3 Å². The number of rotatable bonds is 3. The summed E-state index contributed by atoms with van der Waals surface area (Å²) in [4.78, 5) is 15.3. The Balaban J connectivity index is 1.80.